The highest BCUT2D eigenvalue weighted by atomic mass is 16.2. The molecule has 0 saturated carbocycles. The van der Waals surface area contributed by atoms with E-state index in [0.29, 0.717) is 29.8 Å². The molecule has 138 valence electrons. The zero-order chi connectivity index (χ0) is 18.7. The number of amides is 2. The van der Waals surface area contributed by atoms with Crippen LogP contribution in [0.3, 0.4) is 0 Å². The van der Waals surface area contributed by atoms with Crippen molar-refractivity contribution in [2.24, 2.45) is 0 Å². The minimum Gasteiger partial charge on any atom is -0.352 e. The highest BCUT2D eigenvalue weighted by Gasteiger charge is 2.14. The van der Waals surface area contributed by atoms with E-state index in [9.17, 15) is 9.59 Å². The third kappa shape index (κ3) is 10.2. The Morgan fingerprint density at radius 3 is 1.96 bits per heavy atom. The number of allylic oxidation sites excluding steroid dienone is 1. The second kappa shape index (κ2) is 11.8. The fourth-order valence-electron chi connectivity index (χ4n) is 2.03. The van der Waals surface area contributed by atoms with Crippen LogP contribution in [0, 0.1) is 0 Å². The average Bonchev–Trinajstić information content (AvgIpc) is 2.48. The Labute approximate surface area is 147 Å². The molecule has 0 rings (SSSR count). The van der Waals surface area contributed by atoms with Crippen LogP contribution in [0.25, 0.3) is 0 Å². The summed E-state index contributed by atoms with van der Waals surface area (Å²) in [4.78, 5) is 28.4. The third-order valence-electron chi connectivity index (χ3n) is 3.55. The Kier molecular flexibility index (Phi) is 11.0. The van der Waals surface area contributed by atoms with Crippen molar-refractivity contribution in [3.8, 4) is 0 Å². The van der Waals surface area contributed by atoms with Gasteiger partial charge >= 0.3 is 0 Å². The molecule has 24 heavy (non-hydrogen) atoms. The van der Waals surface area contributed by atoms with E-state index in [4.69, 9.17) is 0 Å². The first kappa shape index (κ1) is 22.3. The molecule has 6 heteroatoms. The molecule has 2 amide bonds. The van der Waals surface area contributed by atoms with Crippen LogP contribution in [-0.4, -0.2) is 69.4 Å². The van der Waals surface area contributed by atoms with E-state index in [2.05, 4.69) is 27.0 Å². The maximum Gasteiger partial charge on any atom is 0.250 e. The highest BCUT2D eigenvalue weighted by Crippen LogP contribution is 2.10. The molecule has 0 saturated heterocycles. The van der Waals surface area contributed by atoms with Crippen molar-refractivity contribution < 1.29 is 9.59 Å². The quantitative estimate of drug-likeness (QED) is 0.441. The van der Waals surface area contributed by atoms with Crippen LogP contribution in [-0.2, 0) is 9.59 Å². The van der Waals surface area contributed by atoms with Crippen LogP contribution >= 0.6 is 0 Å². The van der Waals surface area contributed by atoms with Gasteiger partial charge < -0.3 is 20.4 Å². The summed E-state index contributed by atoms with van der Waals surface area (Å²) < 4.78 is 0. The Balaban J connectivity index is 4.83. The van der Waals surface area contributed by atoms with Crippen molar-refractivity contribution in [2.45, 2.75) is 33.1 Å². The Hall–Kier alpha value is -1.66. The van der Waals surface area contributed by atoms with Crippen molar-refractivity contribution >= 4 is 11.8 Å². The van der Waals surface area contributed by atoms with Crippen LogP contribution in [0.4, 0.5) is 0 Å². The van der Waals surface area contributed by atoms with Crippen molar-refractivity contribution in [2.75, 3.05) is 47.8 Å². The van der Waals surface area contributed by atoms with Gasteiger partial charge in [-0.15, -0.1) is 0 Å². The lowest BCUT2D eigenvalue weighted by molar-refractivity contribution is -0.117. The lowest BCUT2D eigenvalue weighted by Gasteiger charge is -2.16. The van der Waals surface area contributed by atoms with Crippen LogP contribution in [0.1, 0.15) is 33.1 Å². The molecule has 6 nitrogen and oxygen atoms in total. The largest absolute Gasteiger partial charge is 0.352 e. The fourth-order valence-corrected chi connectivity index (χ4v) is 2.03. The summed E-state index contributed by atoms with van der Waals surface area (Å²) in [5.74, 6) is -0.370. The Morgan fingerprint density at radius 2 is 1.46 bits per heavy atom. The van der Waals surface area contributed by atoms with E-state index in [1.165, 1.54) is 0 Å². The monoisotopic (exact) mass is 338 g/mol. The maximum atomic E-state index is 12.3. The van der Waals surface area contributed by atoms with Crippen LogP contribution in [0.15, 0.2) is 23.4 Å². The van der Waals surface area contributed by atoms with E-state index < -0.39 is 0 Å². The van der Waals surface area contributed by atoms with Gasteiger partial charge in [0, 0.05) is 23.4 Å². The molecule has 0 unspecified atom stereocenters. The van der Waals surface area contributed by atoms with Gasteiger partial charge in [-0.2, -0.15) is 0 Å². The van der Waals surface area contributed by atoms with Gasteiger partial charge in [-0.1, -0.05) is 6.58 Å². The summed E-state index contributed by atoms with van der Waals surface area (Å²) in [6.45, 7) is 9.49. The molecule has 0 aliphatic rings. The molecule has 0 atom stereocenters. The number of carbonyl (C=O) groups excluding carboxylic acids is 2. The van der Waals surface area contributed by atoms with Gasteiger partial charge in [0.15, 0.2) is 0 Å². The molecule has 0 spiro atoms. The standard InChI is InChI=1S/C18H34N4O2/c1-14(2)17(23)20-16(10-8-12-21(4)5)15(3)18(24)19-11-9-13-22(6)7/h1,8-13H2,2-7H3,(H,19,24)(H,20,23). The first-order valence-electron chi connectivity index (χ1n) is 8.39. The van der Waals surface area contributed by atoms with E-state index in [1.54, 1.807) is 13.8 Å². The van der Waals surface area contributed by atoms with Crippen LogP contribution < -0.4 is 10.6 Å². The van der Waals surface area contributed by atoms with Crippen molar-refractivity contribution in [3.05, 3.63) is 23.4 Å². The second-order valence-electron chi connectivity index (χ2n) is 6.66. The first-order valence-corrected chi connectivity index (χ1v) is 8.39. The lowest BCUT2D eigenvalue weighted by atomic mass is 10.1. The molecule has 0 bridgehead atoms. The molecular formula is C18H34N4O2. The fraction of sp³-hybridized carbons (Fsp3) is 0.667. The summed E-state index contributed by atoms with van der Waals surface area (Å²) in [7, 11) is 8.01. The number of nitrogens with one attached hydrogen (secondary N) is 2. The Bertz CT molecular complexity index is 468. The number of hydrogen-bond donors (Lipinski definition) is 2. The first-order chi connectivity index (χ1) is 11.1. The van der Waals surface area contributed by atoms with Crippen molar-refractivity contribution in [1.82, 2.24) is 20.4 Å². The summed E-state index contributed by atoms with van der Waals surface area (Å²) in [6, 6.07) is 0. The van der Waals surface area contributed by atoms with Gasteiger partial charge in [-0.05, 0) is 74.4 Å². The summed E-state index contributed by atoms with van der Waals surface area (Å²) in [6.07, 6.45) is 2.40. The topological polar surface area (TPSA) is 64.7 Å². The second-order valence-corrected chi connectivity index (χ2v) is 6.66. The average molecular weight is 338 g/mol. The SMILES string of the molecule is C=C(C)C(=O)NC(CCCN(C)C)=C(C)C(=O)NCCCN(C)C. The third-order valence-corrected chi connectivity index (χ3v) is 3.55. The molecule has 0 aliphatic heterocycles. The van der Waals surface area contributed by atoms with E-state index in [-0.39, 0.29) is 11.8 Å². The number of carbonyl (C=O) groups is 2. The van der Waals surface area contributed by atoms with Gasteiger partial charge in [-0.25, -0.2) is 0 Å². The molecule has 0 aromatic carbocycles. The number of hydrogen-bond acceptors (Lipinski definition) is 4. The summed E-state index contributed by atoms with van der Waals surface area (Å²) in [5.41, 5.74) is 1.67. The van der Waals surface area contributed by atoms with Crippen molar-refractivity contribution in [3.63, 3.8) is 0 Å². The minimum absolute atomic E-state index is 0.129. The van der Waals surface area contributed by atoms with E-state index in [0.717, 1.165) is 25.9 Å². The van der Waals surface area contributed by atoms with Gasteiger partial charge in [0.25, 0.3) is 0 Å². The number of nitrogens with zero attached hydrogens (tertiary/aromatic N) is 2. The normalized spacial score (nSPS) is 12.2. The van der Waals surface area contributed by atoms with Gasteiger partial charge in [0.05, 0.1) is 0 Å². The predicted octanol–water partition coefficient (Wildman–Crippen LogP) is 1.36. The van der Waals surface area contributed by atoms with Crippen molar-refractivity contribution in [1.29, 1.82) is 0 Å². The maximum absolute atomic E-state index is 12.3. The van der Waals surface area contributed by atoms with Gasteiger partial charge in [0.1, 0.15) is 0 Å². The molecule has 0 radical (unpaired) electrons. The zero-order valence-electron chi connectivity index (χ0n) is 16.2. The summed E-state index contributed by atoms with van der Waals surface area (Å²) in [5, 5.41) is 5.75. The molecular weight excluding hydrogens is 304 g/mol. The van der Waals surface area contributed by atoms with Crippen LogP contribution in [0.5, 0.6) is 0 Å². The minimum atomic E-state index is -0.241. The molecule has 0 fully saturated rings. The molecule has 0 heterocycles. The predicted molar refractivity (Wildman–Crippen MR) is 99.6 cm³/mol. The Morgan fingerprint density at radius 1 is 0.917 bits per heavy atom. The number of rotatable bonds is 11. The van der Waals surface area contributed by atoms with E-state index >= 15 is 0 Å². The summed E-state index contributed by atoms with van der Waals surface area (Å²) >= 11 is 0. The highest BCUT2D eigenvalue weighted by molar-refractivity contribution is 5.97. The molecule has 2 N–H and O–H groups in total. The lowest BCUT2D eigenvalue weighted by Crippen LogP contribution is -2.32. The smallest absolute Gasteiger partial charge is 0.250 e. The van der Waals surface area contributed by atoms with Gasteiger partial charge in [0.2, 0.25) is 11.8 Å². The molecule has 0 aromatic rings. The molecule has 0 aromatic heterocycles. The van der Waals surface area contributed by atoms with E-state index in [1.807, 2.05) is 28.2 Å². The van der Waals surface area contributed by atoms with Gasteiger partial charge in [-0.3, -0.25) is 9.59 Å². The zero-order valence-corrected chi connectivity index (χ0v) is 16.2. The van der Waals surface area contributed by atoms with Crippen LogP contribution in [0.2, 0.25) is 0 Å². The molecule has 0 aliphatic carbocycles.